The average molecular weight is 299 g/mol. The normalized spacial score (nSPS) is 13.6. The summed E-state index contributed by atoms with van der Waals surface area (Å²) in [5.41, 5.74) is 8.33. The van der Waals surface area contributed by atoms with E-state index in [1.54, 1.807) is 0 Å². The van der Waals surface area contributed by atoms with Gasteiger partial charge in [-0.2, -0.15) is 0 Å². The molecule has 0 saturated heterocycles. The molecule has 17 heavy (non-hydrogen) atoms. The number of halogens is 1. The van der Waals surface area contributed by atoms with Crippen molar-refractivity contribution in [3.05, 3.63) is 28.2 Å². The summed E-state index contributed by atoms with van der Waals surface area (Å²) in [4.78, 5) is 2.31. The van der Waals surface area contributed by atoms with Crippen molar-refractivity contribution in [2.24, 2.45) is 11.1 Å². The Morgan fingerprint density at radius 1 is 1.29 bits per heavy atom. The fourth-order valence-corrected chi connectivity index (χ4v) is 2.29. The highest BCUT2D eigenvalue weighted by Gasteiger charge is 2.24. The Balaban J connectivity index is 3.03. The maximum Gasteiger partial charge on any atom is 0.0380 e. The predicted octanol–water partition coefficient (Wildman–Crippen LogP) is 3.78. The third-order valence-electron chi connectivity index (χ3n) is 3.42. The van der Waals surface area contributed by atoms with Gasteiger partial charge in [-0.25, -0.2) is 0 Å². The first-order valence-electron chi connectivity index (χ1n) is 5.98. The van der Waals surface area contributed by atoms with Crippen LogP contribution in [0, 0.1) is 5.41 Å². The fourth-order valence-electron chi connectivity index (χ4n) is 1.76. The van der Waals surface area contributed by atoms with Crippen LogP contribution in [-0.2, 0) is 6.54 Å². The van der Waals surface area contributed by atoms with Crippen LogP contribution in [0.4, 0.5) is 5.69 Å². The maximum atomic E-state index is 5.71. The minimum atomic E-state index is 0.250. The average Bonchev–Trinajstić information content (AvgIpc) is 2.24. The van der Waals surface area contributed by atoms with Crippen molar-refractivity contribution in [3.8, 4) is 0 Å². The van der Waals surface area contributed by atoms with Crippen LogP contribution in [0.15, 0.2) is 22.7 Å². The summed E-state index contributed by atoms with van der Waals surface area (Å²) in [7, 11) is 2.14. The molecule has 1 atom stereocenters. The molecule has 1 unspecified atom stereocenters. The molecule has 0 aliphatic rings. The Morgan fingerprint density at radius 3 is 2.35 bits per heavy atom. The van der Waals surface area contributed by atoms with Crippen molar-refractivity contribution >= 4 is 21.6 Å². The number of nitrogens with two attached hydrogens (primary N) is 1. The lowest BCUT2D eigenvalue weighted by molar-refractivity contribution is 0.329. The van der Waals surface area contributed by atoms with Crippen molar-refractivity contribution in [3.63, 3.8) is 0 Å². The third-order valence-corrected chi connectivity index (χ3v) is 3.88. The molecule has 3 heteroatoms. The highest BCUT2D eigenvalue weighted by atomic mass is 79.9. The molecular weight excluding hydrogens is 276 g/mol. The van der Waals surface area contributed by atoms with Gasteiger partial charge in [-0.3, -0.25) is 0 Å². The molecule has 0 bridgehead atoms. The second kappa shape index (κ2) is 5.40. The lowest BCUT2D eigenvalue weighted by Gasteiger charge is -2.37. The summed E-state index contributed by atoms with van der Waals surface area (Å²) in [6.07, 6.45) is 0. The van der Waals surface area contributed by atoms with E-state index in [0.717, 1.165) is 10.0 Å². The zero-order chi connectivity index (χ0) is 13.2. The first-order chi connectivity index (χ1) is 7.75. The Bertz CT molecular complexity index is 382. The van der Waals surface area contributed by atoms with E-state index in [9.17, 15) is 0 Å². The Kier molecular flexibility index (Phi) is 4.62. The highest BCUT2D eigenvalue weighted by Crippen LogP contribution is 2.29. The SMILES string of the molecule is CC(N(C)c1cc(Br)cc(CN)c1)C(C)(C)C. The standard InChI is InChI=1S/C14H23BrN2/c1-10(14(2,3)4)17(5)13-7-11(9-16)6-12(15)8-13/h6-8,10H,9,16H2,1-5H3. The van der Waals surface area contributed by atoms with E-state index >= 15 is 0 Å². The molecule has 2 nitrogen and oxygen atoms in total. The second-order valence-electron chi connectivity index (χ2n) is 5.67. The molecule has 0 aliphatic heterocycles. The van der Waals surface area contributed by atoms with E-state index in [1.165, 1.54) is 5.69 Å². The van der Waals surface area contributed by atoms with Gasteiger partial charge in [0.2, 0.25) is 0 Å². The van der Waals surface area contributed by atoms with Crippen LogP contribution in [0.2, 0.25) is 0 Å². The van der Waals surface area contributed by atoms with E-state index in [1.807, 2.05) is 0 Å². The second-order valence-corrected chi connectivity index (χ2v) is 6.59. The summed E-state index contributed by atoms with van der Waals surface area (Å²) in [5.74, 6) is 0. The van der Waals surface area contributed by atoms with Crippen LogP contribution in [0.1, 0.15) is 33.3 Å². The van der Waals surface area contributed by atoms with Crippen LogP contribution in [0.5, 0.6) is 0 Å². The van der Waals surface area contributed by atoms with Crippen molar-refractivity contribution in [2.45, 2.75) is 40.3 Å². The molecule has 0 radical (unpaired) electrons. The number of hydrogen-bond donors (Lipinski definition) is 1. The molecule has 0 saturated carbocycles. The van der Waals surface area contributed by atoms with Gasteiger partial charge >= 0.3 is 0 Å². The first kappa shape index (κ1) is 14.5. The molecule has 0 fully saturated rings. The summed E-state index contributed by atoms with van der Waals surface area (Å²) >= 11 is 3.54. The predicted molar refractivity (Wildman–Crippen MR) is 79.4 cm³/mol. The van der Waals surface area contributed by atoms with Gasteiger partial charge < -0.3 is 10.6 Å². The molecule has 0 heterocycles. The minimum Gasteiger partial charge on any atom is -0.371 e. The number of anilines is 1. The van der Waals surface area contributed by atoms with Crippen LogP contribution in [0.3, 0.4) is 0 Å². The molecular formula is C14H23BrN2. The molecule has 0 amide bonds. The number of hydrogen-bond acceptors (Lipinski definition) is 2. The molecule has 0 aliphatic carbocycles. The number of nitrogens with zero attached hydrogens (tertiary/aromatic N) is 1. The number of rotatable bonds is 3. The molecule has 0 aromatic heterocycles. The van der Waals surface area contributed by atoms with E-state index in [2.05, 4.69) is 73.8 Å². The zero-order valence-corrected chi connectivity index (χ0v) is 13.0. The van der Waals surface area contributed by atoms with Gasteiger partial charge in [0.1, 0.15) is 0 Å². The zero-order valence-electron chi connectivity index (χ0n) is 11.4. The molecule has 1 aromatic carbocycles. The first-order valence-corrected chi connectivity index (χ1v) is 6.77. The molecule has 96 valence electrons. The van der Waals surface area contributed by atoms with Gasteiger partial charge in [0.15, 0.2) is 0 Å². The van der Waals surface area contributed by atoms with Gasteiger partial charge in [-0.15, -0.1) is 0 Å². The number of benzene rings is 1. The van der Waals surface area contributed by atoms with Crippen molar-refractivity contribution < 1.29 is 0 Å². The molecule has 2 N–H and O–H groups in total. The quantitative estimate of drug-likeness (QED) is 0.920. The minimum absolute atomic E-state index is 0.250. The van der Waals surface area contributed by atoms with Crippen molar-refractivity contribution in [1.29, 1.82) is 0 Å². The van der Waals surface area contributed by atoms with Gasteiger partial charge in [0, 0.05) is 29.8 Å². The van der Waals surface area contributed by atoms with Crippen molar-refractivity contribution in [1.82, 2.24) is 0 Å². The summed E-state index contributed by atoms with van der Waals surface area (Å²) in [5, 5.41) is 0. The molecule has 1 aromatic rings. The van der Waals surface area contributed by atoms with E-state index in [-0.39, 0.29) is 5.41 Å². The van der Waals surface area contributed by atoms with E-state index < -0.39 is 0 Å². The maximum absolute atomic E-state index is 5.71. The Morgan fingerprint density at radius 2 is 1.88 bits per heavy atom. The summed E-state index contributed by atoms with van der Waals surface area (Å²) < 4.78 is 1.09. The largest absolute Gasteiger partial charge is 0.371 e. The fraction of sp³-hybridized carbons (Fsp3) is 0.571. The van der Waals surface area contributed by atoms with Gasteiger partial charge in [-0.1, -0.05) is 36.7 Å². The van der Waals surface area contributed by atoms with Crippen LogP contribution < -0.4 is 10.6 Å². The van der Waals surface area contributed by atoms with Gasteiger partial charge in [0.25, 0.3) is 0 Å². The topological polar surface area (TPSA) is 29.3 Å². The lowest BCUT2D eigenvalue weighted by atomic mass is 9.87. The van der Waals surface area contributed by atoms with Crippen LogP contribution in [-0.4, -0.2) is 13.1 Å². The van der Waals surface area contributed by atoms with E-state index in [0.29, 0.717) is 12.6 Å². The monoisotopic (exact) mass is 298 g/mol. The highest BCUT2D eigenvalue weighted by molar-refractivity contribution is 9.10. The smallest absolute Gasteiger partial charge is 0.0380 e. The Hall–Kier alpha value is -0.540. The van der Waals surface area contributed by atoms with Crippen LogP contribution >= 0.6 is 15.9 Å². The molecule has 1 rings (SSSR count). The van der Waals surface area contributed by atoms with Gasteiger partial charge in [0.05, 0.1) is 0 Å². The molecule has 0 spiro atoms. The lowest BCUT2D eigenvalue weighted by Crippen LogP contribution is -2.39. The third kappa shape index (κ3) is 3.71. The van der Waals surface area contributed by atoms with Crippen LogP contribution in [0.25, 0.3) is 0 Å². The summed E-state index contributed by atoms with van der Waals surface area (Å²) in [6, 6.07) is 6.83. The summed E-state index contributed by atoms with van der Waals surface area (Å²) in [6.45, 7) is 9.61. The Labute approximate surface area is 113 Å². The van der Waals surface area contributed by atoms with Gasteiger partial charge in [-0.05, 0) is 36.1 Å². The van der Waals surface area contributed by atoms with Crippen molar-refractivity contribution in [2.75, 3.05) is 11.9 Å². The van der Waals surface area contributed by atoms with E-state index in [4.69, 9.17) is 5.73 Å².